The summed E-state index contributed by atoms with van der Waals surface area (Å²) in [7, 11) is -3.51. The van der Waals surface area contributed by atoms with Crippen LogP contribution in [0.25, 0.3) is 0 Å². The van der Waals surface area contributed by atoms with Crippen molar-refractivity contribution < 1.29 is 17.9 Å². The highest BCUT2D eigenvalue weighted by atomic mass is 79.9. The maximum absolute atomic E-state index is 12.9. The van der Waals surface area contributed by atoms with Crippen LogP contribution in [0.2, 0.25) is 0 Å². The van der Waals surface area contributed by atoms with Gasteiger partial charge < -0.3 is 10.1 Å². The number of sulfonamides is 1. The Morgan fingerprint density at radius 2 is 1.79 bits per heavy atom. The van der Waals surface area contributed by atoms with E-state index in [1.54, 1.807) is 46.8 Å². The molecule has 1 saturated heterocycles. The van der Waals surface area contributed by atoms with Crippen LogP contribution in [0, 0.1) is 5.92 Å². The van der Waals surface area contributed by atoms with Gasteiger partial charge in [-0.2, -0.15) is 4.31 Å². The van der Waals surface area contributed by atoms with Crippen molar-refractivity contribution in [2.45, 2.75) is 57.3 Å². The summed E-state index contributed by atoms with van der Waals surface area (Å²) in [6.45, 7) is 6.07. The largest absolute Gasteiger partial charge is 0.492 e. The highest BCUT2D eigenvalue weighted by molar-refractivity contribution is 9.10. The number of amides is 1. The van der Waals surface area contributed by atoms with Gasteiger partial charge in [-0.25, -0.2) is 8.42 Å². The highest BCUT2D eigenvalue weighted by Crippen LogP contribution is 2.27. The molecule has 0 aromatic heterocycles. The zero-order valence-corrected chi connectivity index (χ0v) is 21.8. The van der Waals surface area contributed by atoms with Crippen molar-refractivity contribution in [2.24, 2.45) is 5.92 Å². The van der Waals surface area contributed by atoms with E-state index in [1.165, 1.54) is 12.8 Å². The van der Waals surface area contributed by atoms with E-state index >= 15 is 0 Å². The topological polar surface area (TPSA) is 75.7 Å². The Bertz CT molecular complexity index is 1030. The molecule has 0 radical (unpaired) electrons. The average molecular weight is 538 g/mol. The number of nitrogens with zero attached hydrogens (tertiary/aromatic N) is 1. The molecule has 2 aromatic carbocycles. The first-order valence-corrected chi connectivity index (χ1v) is 13.9. The van der Waals surface area contributed by atoms with E-state index in [0.717, 1.165) is 30.2 Å². The lowest BCUT2D eigenvalue weighted by molar-refractivity contribution is 0.102. The summed E-state index contributed by atoms with van der Waals surface area (Å²) < 4.78 is 33.8. The lowest BCUT2D eigenvalue weighted by Gasteiger charge is -2.29. The minimum absolute atomic E-state index is 0.248. The number of carbonyl (C=O) groups excluding carboxylic acids is 1. The van der Waals surface area contributed by atoms with E-state index in [2.05, 4.69) is 35.1 Å². The molecule has 33 heavy (non-hydrogen) atoms. The number of anilines is 1. The van der Waals surface area contributed by atoms with Crippen molar-refractivity contribution in [1.82, 2.24) is 4.31 Å². The van der Waals surface area contributed by atoms with Gasteiger partial charge in [0.15, 0.2) is 0 Å². The molecule has 1 fully saturated rings. The summed E-state index contributed by atoms with van der Waals surface area (Å²) in [5.74, 6) is 0.996. The maximum Gasteiger partial charge on any atom is 0.255 e. The molecule has 0 saturated carbocycles. The Morgan fingerprint density at radius 3 is 2.42 bits per heavy atom. The molecule has 180 valence electrons. The summed E-state index contributed by atoms with van der Waals surface area (Å²) in [6, 6.07) is 11.6. The molecule has 1 aliphatic rings. The summed E-state index contributed by atoms with van der Waals surface area (Å²) in [6.07, 6.45) is 6.30. The zero-order chi connectivity index (χ0) is 23.8. The van der Waals surface area contributed by atoms with E-state index in [4.69, 9.17) is 4.74 Å². The molecule has 0 unspecified atom stereocenters. The number of piperidine rings is 1. The third-order valence-corrected chi connectivity index (χ3v) is 8.47. The molecule has 0 spiro atoms. The predicted octanol–water partition coefficient (Wildman–Crippen LogP) is 6.08. The molecule has 0 atom stereocenters. The SMILES string of the molecule is CCCCCCOc1ccc(C(=O)Nc2ccc(S(=O)(=O)N3CCC(C)CC3)cc2)cc1Br. The molecule has 0 aliphatic carbocycles. The number of carbonyl (C=O) groups is 1. The normalized spacial score (nSPS) is 15.4. The standard InChI is InChI=1S/C25H33BrN2O4S/c1-3-4-5-6-17-32-24-12-7-20(18-23(24)26)25(29)27-21-8-10-22(11-9-21)33(30,31)28-15-13-19(2)14-16-28/h7-12,18-19H,3-6,13-17H2,1-2H3,(H,27,29). The second-order valence-electron chi connectivity index (χ2n) is 8.62. The van der Waals surface area contributed by atoms with E-state index in [1.807, 2.05) is 0 Å². The quantitative estimate of drug-likeness (QED) is 0.373. The van der Waals surface area contributed by atoms with Crippen molar-refractivity contribution in [3.63, 3.8) is 0 Å². The van der Waals surface area contributed by atoms with Crippen molar-refractivity contribution in [1.29, 1.82) is 0 Å². The van der Waals surface area contributed by atoms with Gasteiger partial charge in [0.25, 0.3) is 5.91 Å². The highest BCUT2D eigenvalue weighted by Gasteiger charge is 2.27. The van der Waals surface area contributed by atoms with Crippen LogP contribution in [-0.4, -0.2) is 38.3 Å². The molecular formula is C25H33BrN2O4S. The maximum atomic E-state index is 12.9. The predicted molar refractivity (Wildman–Crippen MR) is 135 cm³/mol. The third-order valence-electron chi connectivity index (χ3n) is 5.94. The number of ether oxygens (including phenoxy) is 1. The van der Waals surface area contributed by atoms with E-state index < -0.39 is 10.0 Å². The monoisotopic (exact) mass is 536 g/mol. The Kier molecular flexibility index (Phi) is 9.35. The fourth-order valence-corrected chi connectivity index (χ4v) is 5.72. The van der Waals surface area contributed by atoms with Gasteiger partial charge in [-0.3, -0.25) is 4.79 Å². The second-order valence-corrected chi connectivity index (χ2v) is 11.4. The van der Waals surface area contributed by atoms with Gasteiger partial charge in [0, 0.05) is 24.3 Å². The molecule has 8 heteroatoms. The number of halogens is 1. The van der Waals surface area contributed by atoms with Crippen LogP contribution in [0.4, 0.5) is 5.69 Å². The van der Waals surface area contributed by atoms with Gasteiger partial charge in [-0.1, -0.05) is 33.1 Å². The van der Waals surface area contributed by atoms with Gasteiger partial charge >= 0.3 is 0 Å². The Labute approximate surface area is 205 Å². The van der Waals surface area contributed by atoms with Gasteiger partial charge in [0.05, 0.1) is 16.0 Å². The van der Waals surface area contributed by atoms with Crippen LogP contribution >= 0.6 is 15.9 Å². The van der Waals surface area contributed by atoms with Crippen LogP contribution in [0.15, 0.2) is 51.8 Å². The van der Waals surface area contributed by atoms with Crippen LogP contribution in [-0.2, 0) is 10.0 Å². The number of benzene rings is 2. The first-order chi connectivity index (χ1) is 15.8. The van der Waals surface area contributed by atoms with Gasteiger partial charge in [-0.05, 0) is 83.6 Å². The Balaban J connectivity index is 1.58. The van der Waals surface area contributed by atoms with Gasteiger partial charge in [0.1, 0.15) is 5.75 Å². The first kappa shape index (κ1) is 25.7. The summed E-state index contributed by atoms with van der Waals surface area (Å²) in [4.78, 5) is 12.9. The molecule has 0 bridgehead atoms. The van der Waals surface area contributed by atoms with Gasteiger partial charge in [-0.15, -0.1) is 0 Å². The molecule has 3 rings (SSSR count). The molecule has 1 aliphatic heterocycles. The number of nitrogens with one attached hydrogen (secondary N) is 1. The van der Waals surface area contributed by atoms with Crippen LogP contribution in [0.5, 0.6) is 5.75 Å². The zero-order valence-electron chi connectivity index (χ0n) is 19.3. The smallest absolute Gasteiger partial charge is 0.255 e. The minimum atomic E-state index is -3.51. The van der Waals surface area contributed by atoms with Gasteiger partial charge in [0.2, 0.25) is 10.0 Å². The van der Waals surface area contributed by atoms with Crippen LogP contribution in [0.1, 0.15) is 62.7 Å². The summed E-state index contributed by atoms with van der Waals surface area (Å²) in [5, 5.41) is 2.83. The Morgan fingerprint density at radius 1 is 1.09 bits per heavy atom. The summed E-state index contributed by atoms with van der Waals surface area (Å²) >= 11 is 3.48. The average Bonchev–Trinajstić information content (AvgIpc) is 2.80. The van der Waals surface area contributed by atoms with Crippen molar-refractivity contribution in [3.05, 3.63) is 52.5 Å². The van der Waals surface area contributed by atoms with E-state index in [-0.39, 0.29) is 10.8 Å². The molecule has 2 aromatic rings. The third kappa shape index (κ3) is 7.04. The van der Waals surface area contributed by atoms with Crippen LogP contribution < -0.4 is 10.1 Å². The molecule has 6 nitrogen and oxygen atoms in total. The lowest BCUT2D eigenvalue weighted by atomic mass is 10.0. The second kappa shape index (κ2) is 12.0. The molecule has 1 N–H and O–H groups in total. The summed E-state index contributed by atoms with van der Waals surface area (Å²) in [5.41, 5.74) is 1.03. The number of hydrogen-bond acceptors (Lipinski definition) is 4. The first-order valence-electron chi connectivity index (χ1n) is 11.6. The van der Waals surface area contributed by atoms with Crippen molar-refractivity contribution in [3.8, 4) is 5.75 Å². The molecule has 1 amide bonds. The molecular weight excluding hydrogens is 504 g/mol. The van der Waals surface area contributed by atoms with Crippen LogP contribution in [0.3, 0.4) is 0 Å². The van der Waals surface area contributed by atoms with Crippen molar-refractivity contribution >= 4 is 37.5 Å². The van der Waals surface area contributed by atoms with Crippen molar-refractivity contribution in [2.75, 3.05) is 25.0 Å². The van der Waals surface area contributed by atoms with E-state index in [0.29, 0.717) is 42.6 Å². The number of unbranched alkanes of at least 4 members (excludes halogenated alkanes) is 3. The fraction of sp³-hybridized carbons (Fsp3) is 0.480. The number of rotatable bonds is 10. The molecule has 1 heterocycles. The lowest BCUT2D eigenvalue weighted by Crippen LogP contribution is -2.37. The fourth-order valence-electron chi connectivity index (χ4n) is 3.76. The Hall–Kier alpha value is -1.90. The van der Waals surface area contributed by atoms with E-state index in [9.17, 15) is 13.2 Å². The number of hydrogen-bond donors (Lipinski definition) is 1. The minimum Gasteiger partial charge on any atom is -0.492 e.